The average Bonchev–Trinajstić information content (AvgIpc) is 2.37. The molecule has 0 spiro atoms. The number of nitrogens with two attached hydrogens (primary N) is 1. The van der Waals surface area contributed by atoms with Gasteiger partial charge in [-0.05, 0) is 5.56 Å². The molecular formula is C12H12N4O. The van der Waals surface area contributed by atoms with Crippen molar-refractivity contribution in [2.45, 2.75) is 6.54 Å². The lowest BCUT2D eigenvalue weighted by atomic mass is 10.2. The summed E-state index contributed by atoms with van der Waals surface area (Å²) in [6.45, 7) is 0.455. The van der Waals surface area contributed by atoms with Crippen LogP contribution in [0.2, 0.25) is 0 Å². The van der Waals surface area contributed by atoms with Gasteiger partial charge in [-0.3, -0.25) is 9.78 Å². The Hall–Kier alpha value is -2.43. The lowest BCUT2D eigenvalue weighted by molar-refractivity contribution is 0.0945. The molecule has 0 aliphatic carbocycles. The van der Waals surface area contributed by atoms with Crippen LogP contribution in [0.4, 0.5) is 5.82 Å². The molecule has 1 heterocycles. The molecule has 0 radical (unpaired) electrons. The molecule has 0 saturated heterocycles. The molecule has 17 heavy (non-hydrogen) atoms. The number of nitrogens with zero attached hydrogens (tertiary/aromatic N) is 2. The molecule has 0 saturated carbocycles. The van der Waals surface area contributed by atoms with Crippen LogP contribution in [0.1, 0.15) is 16.1 Å². The molecule has 5 heteroatoms. The third kappa shape index (κ3) is 3.01. The van der Waals surface area contributed by atoms with Crippen molar-refractivity contribution in [2.75, 3.05) is 5.73 Å². The van der Waals surface area contributed by atoms with E-state index in [1.165, 1.54) is 12.4 Å². The minimum absolute atomic E-state index is 0.223. The highest BCUT2D eigenvalue weighted by Gasteiger charge is 2.07. The summed E-state index contributed by atoms with van der Waals surface area (Å²) < 4.78 is 0. The first-order chi connectivity index (χ1) is 8.25. The molecule has 0 fully saturated rings. The number of aromatic nitrogens is 2. The van der Waals surface area contributed by atoms with Gasteiger partial charge in [0.2, 0.25) is 0 Å². The Morgan fingerprint density at radius 1 is 1.24 bits per heavy atom. The van der Waals surface area contributed by atoms with Crippen LogP contribution < -0.4 is 11.1 Å². The van der Waals surface area contributed by atoms with Crippen LogP contribution in [0.5, 0.6) is 0 Å². The number of amides is 1. The van der Waals surface area contributed by atoms with Crippen LogP contribution in [-0.2, 0) is 6.54 Å². The molecule has 1 aromatic carbocycles. The number of hydrogen-bond donors (Lipinski definition) is 2. The second-order valence-corrected chi connectivity index (χ2v) is 3.50. The van der Waals surface area contributed by atoms with E-state index >= 15 is 0 Å². The number of anilines is 1. The van der Waals surface area contributed by atoms with E-state index in [2.05, 4.69) is 15.3 Å². The number of carbonyl (C=O) groups is 1. The second kappa shape index (κ2) is 5.07. The van der Waals surface area contributed by atoms with Crippen molar-refractivity contribution >= 4 is 11.7 Å². The van der Waals surface area contributed by atoms with E-state index in [0.29, 0.717) is 6.54 Å². The van der Waals surface area contributed by atoms with Crippen LogP contribution in [-0.4, -0.2) is 15.9 Å². The lowest BCUT2D eigenvalue weighted by Crippen LogP contribution is -2.24. The molecule has 0 aliphatic heterocycles. The Kier molecular flexibility index (Phi) is 3.30. The molecule has 86 valence electrons. The summed E-state index contributed by atoms with van der Waals surface area (Å²) in [5.41, 5.74) is 6.70. The van der Waals surface area contributed by atoms with Crippen molar-refractivity contribution in [3.8, 4) is 0 Å². The molecule has 0 aliphatic rings. The monoisotopic (exact) mass is 228 g/mol. The molecule has 2 rings (SSSR count). The summed E-state index contributed by atoms with van der Waals surface area (Å²) in [4.78, 5) is 19.4. The van der Waals surface area contributed by atoms with E-state index in [4.69, 9.17) is 5.73 Å². The Bertz CT molecular complexity index is 513. The Labute approximate surface area is 98.7 Å². The molecule has 0 bridgehead atoms. The fraction of sp³-hybridized carbons (Fsp3) is 0.0833. The Morgan fingerprint density at radius 3 is 2.71 bits per heavy atom. The minimum atomic E-state index is -0.284. The highest BCUT2D eigenvalue weighted by Crippen LogP contribution is 2.00. The van der Waals surface area contributed by atoms with Gasteiger partial charge in [-0.15, -0.1) is 0 Å². The van der Waals surface area contributed by atoms with Crippen molar-refractivity contribution in [1.29, 1.82) is 0 Å². The smallest absolute Gasteiger partial charge is 0.271 e. The molecule has 1 aromatic heterocycles. The van der Waals surface area contributed by atoms with Crippen molar-refractivity contribution in [3.05, 3.63) is 54.0 Å². The standard InChI is InChI=1S/C12H12N4O/c13-11-8-14-7-10(16-11)12(17)15-6-9-4-2-1-3-5-9/h1-5,7-8H,6H2,(H2,13,16)(H,15,17). The third-order valence-corrected chi connectivity index (χ3v) is 2.18. The van der Waals surface area contributed by atoms with Gasteiger partial charge in [-0.1, -0.05) is 30.3 Å². The van der Waals surface area contributed by atoms with E-state index in [0.717, 1.165) is 5.56 Å². The number of nitrogens with one attached hydrogen (secondary N) is 1. The minimum Gasteiger partial charge on any atom is -0.382 e. The predicted molar refractivity (Wildman–Crippen MR) is 64.1 cm³/mol. The molecular weight excluding hydrogens is 216 g/mol. The van der Waals surface area contributed by atoms with Crippen LogP contribution >= 0.6 is 0 Å². The maximum atomic E-state index is 11.7. The summed E-state index contributed by atoms with van der Waals surface area (Å²) in [7, 11) is 0. The number of carbonyl (C=O) groups excluding carboxylic acids is 1. The third-order valence-electron chi connectivity index (χ3n) is 2.18. The quantitative estimate of drug-likeness (QED) is 0.820. The Balaban J connectivity index is 1.98. The fourth-order valence-corrected chi connectivity index (χ4v) is 1.36. The molecule has 3 N–H and O–H groups in total. The van der Waals surface area contributed by atoms with Gasteiger partial charge < -0.3 is 11.1 Å². The summed E-state index contributed by atoms with van der Waals surface area (Å²) in [6, 6.07) is 9.63. The first-order valence-corrected chi connectivity index (χ1v) is 5.15. The van der Waals surface area contributed by atoms with E-state index in [-0.39, 0.29) is 17.4 Å². The van der Waals surface area contributed by atoms with Gasteiger partial charge in [0.25, 0.3) is 5.91 Å². The van der Waals surface area contributed by atoms with Gasteiger partial charge in [-0.2, -0.15) is 0 Å². The molecule has 5 nitrogen and oxygen atoms in total. The molecule has 0 atom stereocenters. The van der Waals surface area contributed by atoms with Gasteiger partial charge in [0, 0.05) is 6.54 Å². The molecule has 2 aromatic rings. The van der Waals surface area contributed by atoms with Crippen LogP contribution in [0.3, 0.4) is 0 Å². The number of hydrogen-bond acceptors (Lipinski definition) is 4. The topological polar surface area (TPSA) is 80.9 Å². The normalized spacial score (nSPS) is 9.88. The molecule has 1 amide bonds. The van der Waals surface area contributed by atoms with Crippen molar-refractivity contribution < 1.29 is 4.79 Å². The maximum Gasteiger partial charge on any atom is 0.271 e. The molecule has 0 unspecified atom stereocenters. The lowest BCUT2D eigenvalue weighted by Gasteiger charge is -2.04. The van der Waals surface area contributed by atoms with Gasteiger partial charge in [0.05, 0.1) is 12.4 Å². The summed E-state index contributed by atoms with van der Waals surface area (Å²) in [5.74, 6) is -0.0500. The second-order valence-electron chi connectivity index (χ2n) is 3.50. The summed E-state index contributed by atoms with van der Waals surface area (Å²) in [5, 5.41) is 2.75. The largest absolute Gasteiger partial charge is 0.382 e. The average molecular weight is 228 g/mol. The van der Waals surface area contributed by atoms with Crippen LogP contribution in [0, 0.1) is 0 Å². The van der Waals surface area contributed by atoms with Crippen molar-refractivity contribution in [3.63, 3.8) is 0 Å². The van der Waals surface area contributed by atoms with E-state index in [9.17, 15) is 4.79 Å². The SMILES string of the molecule is Nc1cncc(C(=O)NCc2ccccc2)n1. The maximum absolute atomic E-state index is 11.7. The van der Waals surface area contributed by atoms with Gasteiger partial charge in [0.15, 0.2) is 0 Å². The van der Waals surface area contributed by atoms with Gasteiger partial charge in [0.1, 0.15) is 11.5 Å². The number of rotatable bonds is 3. The van der Waals surface area contributed by atoms with E-state index in [1.807, 2.05) is 30.3 Å². The zero-order chi connectivity index (χ0) is 12.1. The van der Waals surface area contributed by atoms with Crippen molar-refractivity contribution in [2.24, 2.45) is 0 Å². The predicted octanol–water partition coefficient (Wildman–Crippen LogP) is 0.989. The fourth-order valence-electron chi connectivity index (χ4n) is 1.36. The first-order valence-electron chi connectivity index (χ1n) is 5.15. The highest BCUT2D eigenvalue weighted by atomic mass is 16.1. The number of benzene rings is 1. The summed E-state index contributed by atoms with van der Waals surface area (Å²) in [6.07, 6.45) is 2.78. The Morgan fingerprint density at radius 2 is 2.00 bits per heavy atom. The number of nitrogen functional groups attached to an aromatic ring is 1. The zero-order valence-electron chi connectivity index (χ0n) is 9.13. The van der Waals surface area contributed by atoms with E-state index < -0.39 is 0 Å². The van der Waals surface area contributed by atoms with Crippen LogP contribution in [0.15, 0.2) is 42.7 Å². The zero-order valence-corrected chi connectivity index (χ0v) is 9.13. The van der Waals surface area contributed by atoms with Gasteiger partial charge in [-0.25, -0.2) is 4.98 Å². The first kappa shape index (κ1) is 11.1. The highest BCUT2D eigenvalue weighted by molar-refractivity contribution is 5.92. The van der Waals surface area contributed by atoms with Crippen molar-refractivity contribution in [1.82, 2.24) is 15.3 Å². The van der Waals surface area contributed by atoms with Crippen LogP contribution in [0.25, 0.3) is 0 Å². The van der Waals surface area contributed by atoms with E-state index in [1.54, 1.807) is 0 Å². The summed E-state index contributed by atoms with van der Waals surface area (Å²) >= 11 is 0. The van der Waals surface area contributed by atoms with Gasteiger partial charge >= 0.3 is 0 Å².